The smallest absolute Gasteiger partial charge is 0.242 e. The molecule has 2 aromatic carbocycles. The van der Waals surface area contributed by atoms with Crippen molar-refractivity contribution < 1.29 is 22.7 Å². The number of aryl methyl sites for hydroxylation is 1. The standard InChI is InChI=1S/C28H41N3O5S/c1-6-8-18-29-28(33)26(7-2)30(21-23-11-9-12-25(20-23)36-4)27(32)13-10-19-31(37(5,34)35)24-16-14-22(3)15-17-24/h9,11-12,14-17,20,26H,6-8,10,13,18-19,21H2,1-5H3,(H,29,33)/t26-/m0/s1. The second kappa shape index (κ2) is 14.6. The van der Waals surface area contributed by atoms with E-state index in [-0.39, 0.29) is 31.3 Å². The first-order valence-electron chi connectivity index (χ1n) is 12.8. The van der Waals surface area contributed by atoms with E-state index in [0.717, 1.165) is 30.2 Å². The molecule has 8 nitrogen and oxygen atoms in total. The van der Waals surface area contributed by atoms with Gasteiger partial charge in [0.25, 0.3) is 0 Å². The number of hydrogen-bond donors (Lipinski definition) is 1. The van der Waals surface area contributed by atoms with Crippen molar-refractivity contribution in [2.45, 2.75) is 65.5 Å². The molecule has 0 saturated heterocycles. The fraction of sp³-hybridized carbons (Fsp3) is 0.500. The Morgan fingerprint density at radius 3 is 2.35 bits per heavy atom. The number of rotatable bonds is 15. The minimum Gasteiger partial charge on any atom is -0.497 e. The average molecular weight is 532 g/mol. The number of unbranched alkanes of at least 4 members (excludes halogenated alkanes) is 1. The SMILES string of the molecule is CCCCNC(=O)[C@H](CC)N(Cc1cccc(OC)c1)C(=O)CCCN(c1ccc(C)cc1)S(C)(=O)=O. The van der Waals surface area contributed by atoms with Crippen LogP contribution in [-0.2, 0) is 26.2 Å². The molecule has 0 radical (unpaired) electrons. The number of amides is 2. The molecule has 0 fully saturated rings. The van der Waals surface area contributed by atoms with Crippen molar-refractivity contribution in [2.75, 3.05) is 30.8 Å². The molecule has 0 aromatic heterocycles. The molecule has 2 amide bonds. The van der Waals surface area contributed by atoms with Crippen LogP contribution in [-0.4, -0.2) is 57.6 Å². The summed E-state index contributed by atoms with van der Waals surface area (Å²) in [6, 6.07) is 14.0. The van der Waals surface area contributed by atoms with Crippen LogP contribution in [0.5, 0.6) is 5.75 Å². The van der Waals surface area contributed by atoms with Crippen LogP contribution in [0, 0.1) is 6.92 Å². The summed E-state index contributed by atoms with van der Waals surface area (Å²) in [6.07, 6.45) is 3.89. The summed E-state index contributed by atoms with van der Waals surface area (Å²) in [6.45, 7) is 6.86. The largest absolute Gasteiger partial charge is 0.497 e. The zero-order valence-corrected chi connectivity index (χ0v) is 23.5. The van der Waals surface area contributed by atoms with Gasteiger partial charge in [0.1, 0.15) is 11.8 Å². The van der Waals surface area contributed by atoms with Crippen LogP contribution in [0.2, 0.25) is 0 Å². The molecule has 0 heterocycles. The molecule has 0 aliphatic rings. The summed E-state index contributed by atoms with van der Waals surface area (Å²) >= 11 is 0. The van der Waals surface area contributed by atoms with E-state index in [2.05, 4.69) is 12.2 Å². The van der Waals surface area contributed by atoms with Gasteiger partial charge in [-0.2, -0.15) is 0 Å². The molecule has 0 saturated carbocycles. The molecular weight excluding hydrogens is 490 g/mol. The number of methoxy groups -OCH3 is 1. The highest BCUT2D eigenvalue weighted by Gasteiger charge is 2.28. The van der Waals surface area contributed by atoms with E-state index < -0.39 is 16.1 Å². The highest BCUT2D eigenvalue weighted by molar-refractivity contribution is 7.92. The minimum absolute atomic E-state index is 0.112. The highest BCUT2D eigenvalue weighted by Crippen LogP contribution is 2.21. The van der Waals surface area contributed by atoms with E-state index in [9.17, 15) is 18.0 Å². The maximum atomic E-state index is 13.5. The molecule has 1 atom stereocenters. The Morgan fingerprint density at radius 2 is 1.76 bits per heavy atom. The second-order valence-corrected chi connectivity index (χ2v) is 11.1. The van der Waals surface area contributed by atoms with Gasteiger partial charge in [0.15, 0.2) is 0 Å². The number of anilines is 1. The fourth-order valence-corrected chi connectivity index (χ4v) is 5.07. The zero-order valence-electron chi connectivity index (χ0n) is 22.7. The molecule has 1 N–H and O–H groups in total. The van der Waals surface area contributed by atoms with Crippen LogP contribution in [0.4, 0.5) is 5.69 Å². The lowest BCUT2D eigenvalue weighted by molar-refractivity contribution is -0.141. The van der Waals surface area contributed by atoms with Crippen molar-refractivity contribution in [2.24, 2.45) is 0 Å². The third kappa shape index (κ3) is 9.39. The molecule has 9 heteroatoms. The molecule has 0 unspecified atom stereocenters. The van der Waals surface area contributed by atoms with Crippen LogP contribution in [0.3, 0.4) is 0 Å². The average Bonchev–Trinajstić information content (AvgIpc) is 2.86. The molecular formula is C28H41N3O5S. The maximum Gasteiger partial charge on any atom is 0.242 e. The molecule has 0 spiro atoms. The van der Waals surface area contributed by atoms with Crippen molar-refractivity contribution in [3.05, 3.63) is 59.7 Å². The first-order chi connectivity index (χ1) is 17.6. The van der Waals surface area contributed by atoms with Gasteiger partial charge in [0.05, 0.1) is 19.1 Å². The Balaban J connectivity index is 2.21. The molecule has 0 bridgehead atoms. The summed E-state index contributed by atoms with van der Waals surface area (Å²) in [5, 5.41) is 2.95. The topological polar surface area (TPSA) is 96.0 Å². The fourth-order valence-electron chi connectivity index (χ4n) is 4.11. The predicted molar refractivity (Wildman–Crippen MR) is 148 cm³/mol. The molecule has 37 heavy (non-hydrogen) atoms. The first kappa shape index (κ1) is 30.2. The van der Waals surface area contributed by atoms with Gasteiger partial charge in [-0.1, -0.05) is 50.1 Å². The molecule has 204 valence electrons. The van der Waals surface area contributed by atoms with Gasteiger partial charge in [-0.05, 0) is 56.0 Å². The van der Waals surface area contributed by atoms with Gasteiger partial charge < -0.3 is 15.0 Å². The lowest BCUT2D eigenvalue weighted by atomic mass is 10.1. The quantitative estimate of drug-likeness (QED) is 0.346. The van der Waals surface area contributed by atoms with E-state index in [1.165, 1.54) is 4.31 Å². The maximum absolute atomic E-state index is 13.5. The van der Waals surface area contributed by atoms with Crippen LogP contribution >= 0.6 is 0 Å². The van der Waals surface area contributed by atoms with Gasteiger partial charge in [-0.15, -0.1) is 0 Å². The Hall–Kier alpha value is -3.07. The Kier molecular flexibility index (Phi) is 11.9. The van der Waals surface area contributed by atoms with Crippen LogP contribution in [0.15, 0.2) is 48.5 Å². The normalized spacial score (nSPS) is 12.0. The van der Waals surface area contributed by atoms with Crippen LogP contribution in [0.1, 0.15) is 57.1 Å². The van der Waals surface area contributed by atoms with E-state index in [4.69, 9.17) is 4.74 Å². The van der Waals surface area contributed by atoms with Crippen LogP contribution < -0.4 is 14.4 Å². The Morgan fingerprint density at radius 1 is 1.05 bits per heavy atom. The van der Waals surface area contributed by atoms with Gasteiger partial charge in [-0.25, -0.2) is 8.42 Å². The number of benzene rings is 2. The lowest BCUT2D eigenvalue weighted by Gasteiger charge is -2.31. The number of sulfonamides is 1. The third-order valence-corrected chi connectivity index (χ3v) is 7.37. The van der Waals surface area contributed by atoms with E-state index in [1.54, 1.807) is 24.1 Å². The third-order valence-electron chi connectivity index (χ3n) is 6.18. The molecule has 2 rings (SSSR count). The predicted octanol–water partition coefficient (Wildman–Crippen LogP) is 4.27. The van der Waals surface area contributed by atoms with E-state index >= 15 is 0 Å². The molecule has 0 aliphatic carbocycles. The minimum atomic E-state index is -3.52. The van der Waals surface area contributed by atoms with Crippen LogP contribution in [0.25, 0.3) is 0 Å². The number of nitrogens with one attached hydrogen (secondary N) is 1. The summed E-state index contributed by atoms with van der Waals surface area (Å²) < 4.78 is 31.6. The van der Waals surface area contributed by atoms with Gasteiger partial charge in [0.2, 0.25) is 21.8 Å². The lowest BCUT2D eigenvalue weighted by Crippen LogP contribution is -2.49. The molecule has 0 aliphatic heterocycles. The summed E-state index contributed by atoms with van der Waals surface area (Å²) in [5.41, 5.74) is 2.45. The zero-order chi connectivity index (χ0) is 27.4. The van der Waals surface area contributed by atoms with Crippen molar-refractivity contribution >= 4 is 27.5 Å². The van der Waals surface area contributed by atoms with Crippen molar-refractivity contribution in [1.82, 2.24) is 10.2 Å². The number of ether oxygens (including phenoxy) is 1. The Bertz CT molecular complexity index is 1120. The van der Waals surface area contributed by atoms with E-state index in [1.807, 2.05) is 50.2 Å². The highest BCUT2D eigenvalue weighted by atomic mass is 32.2. The van der Waals surface area contributed by atoms with Gasteiger partial charge in [-0.3, -0.25) is 13.9 Å². The molecule has 2 aromatic rings. The number of carbonyl (C=O) groups is 2. The van der Waals surface area contributed by atoms with E-state index in [0.29, 0.717) is 30.8 Å². The van der Waals surface area contributed by atoms with Gasteiger partial charge >= 0.3 is 0 Å². The van der Waals surface area contributed by atoms with Gasteiger partial charge in [0, 0.05) is 26.1 Å². The number of carbonyl (C=O) groups excluding carboxylic acids is 2. The van der Waals surface area contributed by atoms with Crippen molar-refractivity contribution in [3.63, 3.8) is 0 Å². The summed E-state index contributed by atoms with van der Waals surface area (Å²) in [7, 11) is -1.94. The summed E-state index contributed by atoms with van der Waals surface area (Å²) in [5.74, 6) is 0.300. The van der Waals surface area contributed by atoms with Crippen molar-refractivity contribution in [1.29, 1.82) is 0 Å². The monoisotopic (exact) mass is 531 g/mol. The number of hydrogen-bond acceptors (Lipinski definition) is 5. The summed E-state index contributed by atoms with van der Waals surface area (Å²) in [4.78, 5) is 28.1. The second-order valence-electron chi connectivity index (χ2n) is 9.22. The number of nitrogens with zero attached hydrogens (tertiary/aromatic N) is 2. The Labute approximate surface area is 222 Å². The first-order valence-corrected chi connectivity index (χ1v) is 14.7. The van der Waals surface area contributed by atoms with Crippen molar-refractivity contribution in [3.8, 4) is 5.75 Å².